The monoisotopic (exact) mass is 279 g/mol. The van der Waals surface area contributed by atoms with E-state index < -0.39 is 0 Å². The molecule has 1 aliphatic heterocycles. The smallest absolute Gasteiger partial charge is 0.196 e. The Hall–Kier alpha value is -2.29. The molecule has 0 spiro atoms. The molecule has 0 saturated carbocycles. The molecule has 3 heteroatoms. The van der Waals surface area contributed by atoms with E-state index in [0.29, 0.717) is 12.5 Å². The summed E-state index contributed by atoms with van der Waals surface area (Å²) in [6.07, 6.45) is 0. The highest BCUT2D eigenvalue weighted by Crippen LogP contribution is 2.33. The minimum atomic E-state index is 0.188. The minimum absolute atomic E-state index is 0.188. The van der Waals surface area contributed by atoms with Crippen LogP contribution in [0.25, 0.3) is 0 Å². The van der Waals surface area contributed by atoms with Crippen molar-refractivity contribution in [1.82, 2.24) is 0 Å². The summed E-state index contributed by atoms with van der Waals surface area (Å²) in [6, 6.07) is 15.2. The first-order valence-electron chi connectivity index (χ1n) is 7.29. The second kappa shape index (κ2) is 5.24. The zero-order valence-electron chi connectivity index (χ0n) is 12.8. The number of hydrogen-bond donors (Lipinski definition) is 1. The molecular weight excluding hydrogens is 258 g/mol. The van der Waals surface area contributed by atoms with Crippen LogP contribution in [0.5, 0.6) is 0 Å². The number of benzene rings is 2. The molecule has 0 aliphatic carbocycles. The molecule has 1 atom stereocenters. The van der Waals surface area contributed by atoms with Gasteiger partial charge in [-0.1, -0.05) is 41.5 Å². The quantitative estimate of drug-likeness (QED) is 0.914. The van der Waals surface area contributed by atoms with E-state index in [-0.39, 0.29) is 6.04 Å². The Balaban J connectivity index is 2.02. The van der Waals surface area contributed by atoms with Crippen LogP contribution in [0.3, 0.4) is 0 Å². The van der Waals surface area contributed by atoms with Gasteiger partial charge in [0.15, 0.2) is 5.96 Å². The fourth-order valence-corrected chi connectivity index (χ4v) is 2.87. The number of guanidine groups is 1. The summed E-state index contributed by atoms with van der Waals surface area (Å²) in [5, 5.41) is 0. The fraction of sp³-hybridized carbons (Fsp3) is 0.278. The summed E-state index contributed by atoms with van der Waals surface area (Å²) in [5.74, 6) is 0.602. The average molecular weight is 279 g/mol. The van der Waals surface area contributed by atoms with Crippen LogP contribution in [0.1, 0.15) is 28.3 Å². The molecule has 2 aromatic carbocycles. The fourth-order valence-electron chi connectivity index (χ4n) is 2.87. The van der Waals surface area contributed by atoms with Crippen LogP contribution in [0.15, 0.2) is 47.5 Å². The first-order chi connectivity index (χ1) is 10.1. The van der Waals surface area contributed by atoms with Crippen LogP contribution >= 0.6 is 0 Å². The van der Waals surface area contributed by atoms with Gasteiger partial charge in [-0.15, -0.1) is 0 Å². The lowest BCUT2D eigenvalue weighted by molar-refractivity contribution is 0.761. The molecule has 3 rings (SSSR count). The van der Waals surface area contributed by atoms with Crippen molar-refractivity contribution in [3.05, 3.63) is 64.7 Å². The van der Waals surface area contributed by atoms with Crippen molar-refractivity contribution < 1.29 is 0 Å². The van der Waals surface area contributed by atoms with E-state index in [4.69, 9.17) is 5.73 Å². The van der Waals surface area contributed by atoms with Gasteiger partial charge >= 0.3 is 0 Å². The van der Waals surface area contributed by atoms with Gasteiger partial charge in [0.25, 0.3) is 0 Å². The highest BCUT2D eigenvalue weighted by Gasteiger charge is 2.29. The van der Waals surface area contributed by atoms with Gasteiger partial charge in [-0.25, -0.2) is 0 Å². The van der Waals surface area contributed by atoms with Gasteiger partial charge in [0.05, 0.1) is 12.6 Å². The van der Waals surface area contributed by atoms with Crippen molar-refractivity contribution in [3.63, 3.8) is 0 Å². The van der Waals surface area contributed by atoms with Crippen molar-refractivity contribution in [2.24, 2.45) is 10.7 Å². The number of hydrogen-bond acceptors (Lipinski definition) is 3. The second-order valence-corrected chi connectivity index (χ2v) is 5.78. The van der Waals surface area contributed by atoms with Gasteiger partial charge in [0.2, 0.25) is 0 Å². The molecule has 0 bridgehead atoms. The number of aliphatic imine (C=N–C) groups is 1. The van der Waals surface area contributed by atoms with Crippen LogP contribution < -0.4 is 10.6 Å². The second-order valence-electron chi connectivity index (χ2n) is 5.78. The highest BCUT2D eigenvalue weighted by atomic mass is 15.3. The number of anilines is 1. The first kappa shape index (κ1) is 13.7. The lowest BCUT2D eigenvalue weighted by atomic mass is 9.98. The van der Waals surface area contributed by atoms with Gasteiger partial charge < -0.3 is 10.6 Å². The van der Waals surface area contributed by atoms with Crippen LogP contribution in [0, 0.1) is 20.8 Å². The Labute approximate surface area is 126 Å². The Kier molecular flexibility index (Phi) is 3.42. The van der Waals surface area contributed by atoms with Gasteiger partial charge in [-0.2, -0.15) is 0 Å². The molecule has 0 radical (unpaired) electrons. The number of nitrogens with zero attached hydrogens (tertiary/aromatic N) is 2. The van der Waals surface area contributed by atoms with E-state index >= 15 is 0 Å². The van der Waals surface area contributed by atoms with E-state index in [1.165, 1.54) is 22.3 Å². The van der Waals surface area contributed by atoms with Crippen molar-refractivity contribution in [3.8, 4) is 0 Å². The zero-order valence-corrected chi connectivity index (χ0v) is 12.8. The normalized spacial score (nSPS) is 18.0. The molecule has 2 N–H and O–H groups in total. The summed E-state index contributed by atoms with van der Waals surface area (Å²) >= 11 is 0. The summed E-state index contributed by atoms with van der Waals surface area (Å²) in [7, 11) is 0. The Morgan fingerprint density at radius 1 is 1.00 bits per heavy atom. The third kappa shape index (κ3) is 2.51. The first-order valence-corrected chi connectivity index (χ1v) is 7.29. The number of aryl methyl sites for hydroxylation is 3. The Bertz CT molecular complexity index is 686. The maximum absolute atomic E-state index is 6.14. The van der Waals surface area contributed by atoms with Crippen LogP contribution in [0.2, 0.25) is 0 Å². The molecule has 1 unspecified atom stereocenters. The van der Waals surface area contributed by atoms with Gasteiger partial charge in [-0.3, -0.25) is 4.99 Å². The predicted molar refractivity (Wildman–Crippen MR) is 88.8 cm³/mol. The summed E-state index contributed by atoms with van der Waals surface area (Å²) in [4.78, 5) is 6.61. The van der Waals surface area contributed by atoms with E-state index in [2.05, 4.69) is 73.1 Å². The molecule has 0 amide bonds. The molecule has 21 heavy (non-hydrogen) atoms. The van der Waals surface area contributed by atoms with Gasteiger partial charge in [-0.05, 0) is 44.0 Å². The maximum atomic E-state index is 6.14. The topological polar surface area (TPSA) is 41.6 Å². The summed E-state index contributed by atoms with van der Waals surface area (Å²) in [6.45, 7) is 7.08. The molecule has 2 aromatic rings. The van der Waals surface area contributed by atoms with Crippen LogP contribution in [-0.4, -0.2) is 12.5 Å². The molecule has 108 valence electrons. The zero-order chi connectivity index (χ0) is 15.0. The standard InChI is InChI=1S/C18H21N3/c1-12-5-8-15(9-6-12)21-17(11-20-18(21)19)16-10-13(2)4-7-14(16)3/h4-10,17H,11H2,1-3H3,(H2,19,20). The number of nitrogens with two attached hydrogens (primary N) is 1. The molecular formula is C18H21N3. The molecule has 0 fully saturated rings. The average Bonchev–Trinajstić information content (AvgIpc) is 2.84. The van der Waals surface area contributed by atoms with Crippen molar-refractivity contribution in [2.75, 3.05) is 11.4 Å². The largest absolute Gasteiger partial charge is 0.369 e. The van der Waals surface area contributed by atoms with E-state index in [0.717, 1.165) is 5.69 Å². The molecule has 1 heterocycles. The highest BCUT2D eigenvalue weighted by molar-refractivity contribution is 5.97. The predicted octanol–water partition coefficient (Wildman–Crippen LogP) is 3.49. The lowest BCUT2D eigenvalue weighted by Crippen LogP contribution is -2.36. The van der Waals surface area contributed by atoms with Gasteiger partial charge in [0.1, 0.15) is 0 Å². The summed E-state index contributed by atoms with van der Waals surface area (Å²) in [5.41, 5.74) is 12.3. The van der Waals surface area contributed by atoms with Crippen molar-refractivity contribution in [2.45, 2.75) is 26.8 Å². The Morgan fingerprint density at radius 2 is 1.67 bits per heavy atom. The summed E-state index contributed by atoms with van der Waals surface area (Å²) < 4.78 is 0. The van der Waals surface area contributed by atoms with Crippen LogP contribution in [-0.2, 0) is 0 Å². The van der Waals surface area contributed by atoms with Crippen molar-refractivity contribution >= 4 is 11.6 Å². The molecule has 0 saturated heterocycles. The Morgan fingerprint density at radius 3 is 2.38 bits per heavy atom. The maximum Gasteiger partial charge on any atom is 0.196 e. The molecule has 0 aromatic heterocycles. The van der Waals surface area contributed by atoms with Crippen molar-refractivity contribution in [1.29, 1.82) is 0 Å². The van der Waals surface area contributed by atoms with E-state index in [1.807, 2.05) is 0 Å². The minimum Gasteiger partial charge on any atom is -0.369 e. The van der Waals surface area contributed by atoms with E-state index in [1.54, 1.807) is 0 Å². The third-order valence-corrected chi connectivity index (χ3v) is 4.09. The molecule has 3 nitrogen and oxygen atoms in total. The lowest BCUT2D eigenvalue weighted by Gasteiger charge is -2.28. The number of rotatable bonds is 2. The van der Waals surface area contributed by atoms with Gasteiger partial charge in [0, 0.05) is 5.69 Å². The van der Waals surface area contributed by atoms with Crippen LogP contribution in [0.4, 0.5) is 5.69 Å². The third-order valence-electron chi connectivity index (χ3n) is 4.09. The SMILES string of the molecule is Cc1ccc(N2C(N)=NCC2c2cc(C)ccc2C)cc1. The molecule has 1 aliphatic rings. The van der Waals surface area contributed by atoms with E-state index in [9.17, 15) is 0 Å².